The maximum Gasteiger partial charge on any atom is 0.328 e. The zero-order valence-electron chi connectivity index (χ0n) is 11.3. The van der Waals surface area contributed by atoms with Crippen molar-refractivity contribution >= 4 is 11.9 Å². The molecule has 20 heavy (non-hydrogen) atoms. The summed E-state index contributed by atoms with van der Waals surface area (Å²) < 4.78 is 0. The molecule has 0 saturated heterocycles. The number of hydrogen-bond donors (Lipinski definition) is 6. The summed E-state index contributed by atoms with van der Waals surface area (Å²) in [6.45, 7) is 0.780. The van der Waals surface area contributed by atoms with Crippen molar-refractivity contribution < 1.29 is 40.2 Å². The van der Waals surface area contributed by atoms with E-state index < -0.39 is 11.9 Å². The van der Waals surface area contributed by atoms with Crippen molar-refractivity contribution in [3.05, 3.63) is 12.2 Å². The van der Waals surface area contributed by atoms with Gasteiger partial charge < -0.3 is 30.6 Å². The second-order valence-electron chi connectivity index (χ2n) is 3.32. The van der Waals surface area contributed by atoms with Gasteiger partial charge in [0.2, 0.25) is 0 Å². The van der Waals surface area contributed by atoms with E-state index in [0.717, 1.165) is 25.7 Å². The molecule has 0 radical (unpaired) electrons. The van der Waals surface area contributed by atoms with E-state index >= 15 is 0 Å². The summed E-state index contributed by atoms with van der Waals surface area (Å²) in [6, 6.07) is 0. The highest BCUT2D eigenvalue weighted by atomic mass is 16.4. The Morgan fingerprint density at radius 2 is 0.800 bits per heavy atom. The molecular weight excluding hydrogens is 272 g/mol. The molecule has 0 aliphatic carbocycles. The predicted molar refractivity (Wildman–Crippen MR) is 71.2 cm³/mol. The summed E-state index contributed by atoms with van der Waals surface area (Å²) in [5, 5.41) is 48.0. The number of rotatable bonds is 8. The lowest BCUT2D eigenvalue weighted by Gasteiger charge is -1.85. The van der Waals surface area contributed by atoms with Crippen LogP contribution >= 0.6 is 0 Å². The normalized spacial score (nSPS) is 9.20. The Morgan fingerprint density at radius 1 is 0.600 bits per heavy atom. The Hall–Kier alpha value is -1.48. The molecule has 0 aromatic rings. The second-order valence-corrected chi connectivity index (χ2v) is 3.32. The molecule has 0 aromatic heterocycles. The van der Waals surface area contributed by atoms with Crippen molar-refractivity contribution in [3.63, 3.8) is 0 Å². The lowest BCUT2D eigenvalue weighted by atomic mass is 10.3. The molecule has 8 heteroatoms. The SMILES string of the molecule is O=C(O)/C=C\C(=O)O.OCCCCO.OCCCCO. The minimum absolute atomic E-state index is 0.195. The topological polar surface area (TPSA) is 156 Å². The smallest absolute Gasteiger partial charge is 0.328 e. The van der Waals surface area contributed by atoms with E-state index in [1.807, 2.05) is 0 Å². The van der Waals surface area contributed by atoms with Crippen LogP contribution in [0.1, 0.15) is 25.7 Å². The van der Waals surface area contributed by atoms with E-state index in [2.05, 4.69) is 0 Å². The Morgan fingerprint density at radius 3 is 0.900 bits per heavy atom. The van der Waals surface area contributed by atoms with Crippen LogP contribution in [0.2, 0.25) is 0 Å². The molecule has 0 rings (SSSR count). The standard InChI is InChI=1S/C4H4O4.2C4H10O2/c5-3(6)1-2-4(7)8;2*5-3-1-2-4-6/h1-2H,(H,5,6)(H,7,8);2*5-6H,1-4H2/b2-1-;;. The number of unbranched alkanes of at least 4 members (excludes halogenated alkanes) is 2. The fourth-order valence-corrected chi connectivity index (χ4v) is 0.590. The second kappa shape index (κ2) is 22.7. The number of carboxylic acid groups (broad SMARTS) is 2. The van der Waals surface area contributed by atoms with Gasteiger partial charge in [-0.15, -0.1) is 0 Å². The van der Waals surface area contributed by atoms with Crippen LogP contribution < -0.4 is 0 Å². The molecule has 120 valence electrons. The Kier molecular flexibility index (Phi) is 26.8. The number of aliphatic hydroxyl groups excluding tert-OH is 4. The van der Waals surface area contributed by atoms with Gasteiger partial charge in [-0.05, 0) is 25.7 Å². The van der Waals surface area contributed by atoms with Gasteiger partial charge >= 0.3 is 11.9 Å². The van der Waals surface area contributed by atoms with Crippen molar-refractivity contribution in [3.8, 4) is 0 Å². The van der Waals surface area contributed by atoms with Crippen molar-refractivity contribution in [2.45, 2.75) is 25.7 Å². The molecule has 0 atom stereocenters. The van der Waals surface area contributed by atoms with Crippen LogP contribution in [0.25, 0.3) is 0 Å². The average molecular weight is 296 g/mol. The van der Waals surface area contributed by atoms with Crippen molar-refractivity contribution in [1.82, 2.24) is 0 Å². The highest BCUT2D eigenvalue weighted by Gasteiger charge is 1.88. The number of hydrogen-bond acceptors (Lipinski definition) is 6. The molecule has 0 bridgehead atoms. The van der Waals surface area contributed by atoms with E-state index in [1.54, 1.807) is 0 Å². The van der Waals surface area contributed by atoms with E-state index in [1.165, 1.54) is 0 Å². The lowest BCUT2D eigenvalue weighted by molar-refractivity contribution is -0.134. The number of carbonyl (C=O) groups is 2. The quantitative estimate of drug-likeness (QED) is 0.251. The number of carboxylic acids is 2. The van der Waals surface area contributed by atoms with E-state index in [-0.39, 0.29) is 26.4 Å². The molecule has 0 aliphatic rings. The molecule has 6 N–H and O–H groups in total. The first-order valence-electron chi connectivity index (χ1n) is 6.03. The first-order valence-corrected chi connectivity index (χ1v) is 6.03. The summed E-state index contributed by atoms with van der Waals surface area (Å²) >= 11 is 0. The van der Waals surface area contributed by atoms with Crippen molar-refractivity contribution in [2.75, 3.05) is 26.4 Å². The average Bonchev–Trinajstić information content (AvgIpc) is 2.42. The molecule has 0 aromatic carbocycles. The van der Waals surface area contributed by atoms with Gasteiger partial charge in [-0.3, -0.25) is 0 Å². The summed E-state index contributed by atoms with van der Waals surface area (Å²) in [5.41, 5.74) is 0. The first-order chi connectivity index (χ1) is 9.45. The lowest BCUT2D eigenvalue weighted by Crippen LogP contribution is -1.91. The van der Waals surface area contributed by atoms with Gasteiger partial charge in [-0.1, -0.05) is 0 Å². The van der Waals surface area contributed by atoms with Gasteiger partial charge in [0.25, 0.3) is 0 Å². The maximum absolute atomic E-state index is 9.55. The van der Waals surface area contributed by atoms with Gasteiger partial charge in [-0.25, -0.2) is 9.59 Å². The van der Waals surface area contributed by atoms with E-state index in [4.69, 9.17) is 30.6 Å². The van der Waals surface area contributed by atoms with Gasteiger partial charge in [0.1, 0.15) is 0 Å². The van der Waals surface area contributed by atoms with Crippen LogP contribution in [0.4, 0.5) is 0 Å². The molecular formula is C12H24O8. The molecule has 0 unspecified atom stereocenters. The summed E-state index contributed by atoms with van der Waals surface area (Å²) in [7, 11) is 0. The molecule has 0 heterocycles. The minimum atomic E-state index is -1.26. The molecule has 8 nitrogen and oxygen atoms in total. The van der Waals surface area contributed by atoms with Crippen LogP contribution in [-0.4, -0.2) is 69.0 Å². The van der Waals surface area contributed by atoms with Crippen molar-refractivity contribution in [1.29, 1.82) is 0 Å². The van der Waals surface area contributed by atoms with Crippen LogP contribution in [0.5, 0.6) is 0 Å². The third-order valence-corrected chi connectivity index (χ3v) is 1.50. The molecule has 0 amide bonds. The minimum Gasteiger partial charge on any atom is -0.478 e. The Labute approximate surface area is 117 Å². The molecule has 0 aliphatic heterocycles. The van der Waals surface area contributed by atoms with Crippen LogP contribution in [0.3, 0.4) is 0 Å². The summed E-state index contributed by atoms with van der Waals surface area (Å²) in [4.78, 5) is 19.1. The van der Waals surface area contributed by atoms with Gasteiger partial charge in [0.15, 0.2) is 0 Å². The first kappa shape index (κ1) is 23.6. The summed E-state index contributed by atoms with van der Waals surface area (Å²) in [5.74, 6) is -2.51. The maximum atomic E-state index is 9.55. The molecule has 0 saturated carbocycles. The van der Waals surface area contributed by atoms with E-state index in [9.17, 15) is 9.59 Å². The Balaban J connectivity index is -0.000000221. The van der Waals surface area contributed by atoms with Crippen LogP contribution in [-0.2, 0) is 9.59 Å². The largest absolute Gasteiger partial charge is 0.478 e. The molecule has 0 fully saturated rings. The highest BCUT2D eigenvalue weighted by molar-refractivity contribution is 5.89. The van der Waals surface area contributed by atoms with Gasteiger partial charge in [0.05, 0.1) is 0 Å². The third kappa shape index (κ3) is 43.9. The van der Waals surface area contributed by atoms with Gasteiger partial charge in [-0.2, -0.15) is 0 Å². The number of aliphatic carboxylic acids is 2. The van der Waals surface area contributed by atoms with Crippen LogP contribution in [0.15, 0.2) is 12.2 Å². The molecule has 0 spiro atoms. The monoisotopic (exact) mass is 296 g/mol. The van der Waals surface area contributed by atoms with Gasteiger partial charge in [0, 0.05) is 38.6 Å². The fraction of sp³-hybridized carbons (Fsp3) is 0.667. The van der Waals surface area contributed by atoms with Crippen molar-refractivity contribution in [2.24, 2.45) is 0 Å². The number of aliphatic hydroxyl groups is 4. The Bertz CT molecular complexity index is 208. The predicted octanol–water partition coefficient (Wildman–Crippen LogP) is -0.786. The zero-order valence-corrected chi connectivity index (χ0v) is 11.3. The van der Waals surface area contributed by atoms with Crippen LogP contribution in [0, 0.1) is 0 Å². The summed E-state index contributed by atoms with van der Waals surface area (Å²) in [6.07, 6.45) is 3.99. The third-order valence-electron chi connectivity index (χ3n) is 1.50. The van der Waals surface area contributed by atoms with E-state index in [0.29, 0.717) is 12.2 Å². The zero-order chi connectivity index (χ0) is 16.2. The fourth-order valence-electron chi connectivity index (χ4n) is 0.590. The highest BCUT2D eigenvalue weighted by Crippen LogP contribution is 1.81.